The first-order chi connectivity index (χ1) is 46.8. The van der Waals surface area contributed by atoms with E-state index in [1.165, 1.54) is 134 Å². The van der Waals surface area contributed by atoms with E-state index in [2.05, 4.69) is 313 Å². The van der Waals surface area contributed by atoms with E-state index in [0.29, 0.717) is 5.92 Å². The number of fused-ring (bicyclic) bond motifs is 18. The molecule has 0 amide bonds. The van der Waals surface area contributed by atoms with Crippen LogP contribution in [-0.2, 0) is 16.2 Å². The number of benzene rings is 14. The normalized spacial score (nSPS) is 14.9. The number of nitrogens with zero attached hydrogens (tertiary/aromatic N) is 2. The lowest BCUT2D eigenvalue weighted by molar-refractivity contribution is 0.442. The fraction of sp³-hybridized carbons (Fsp3) is 0.174. The first-order valence-corrected chi connectivity index (χ1v) is 34.7. The summed E-state index contributed by atoms with van der Waals surface area (Å²) in [6.45, 7) is 16.5. The van der Waals surface area contributed by atoms with E-state index in [-0.39, 0.29) is 16.2 Å². The highest BCUT2D eigenvalue weighted by Crippen LogP contribution is 2.59. The molecule has 1 saturated carbocycles. The molecule has 4 heteroatoms. The Balaban J connectivity index is 0.758. The standard InChI is InChI=1S/C92H74N2O2/c1-90(2,3)75-41-23-38-68-69-39-24-42-80(88(69)96-87(68)75)93(62-30-13-9-14-31-62)82-54-79-85(67-37-22-20-35-65(67)82)74-48-59-45-44-58(46-60(59)52-77(74)92(79,6)7)61-49-71(55-26-11-8-12-27-55)86-72(50-61)70-40-25-43-81(89(70)95-86)94(63-32-15-10-16-33-63)83-53-78-84(66-36-21-19-34-64(66)83)73-47-56-28-17-18-29-57(56)51-76(73)91(78,4)5/h9-10,13-25,28-55H,8,11-12,26-27H2,1-7H3. The lowest BCUT2D eigenvalue weighted by atomic mass is 9.81. The highest BCUT2D eigenvalue weighted by atomic mass is 16.3. The van der Waals surface area contributed by atoms with Gasteiger partial charge in [0, 0.05) is 60.1 Å². The minimum Gasteiger partial charge on any atom is -0.454 e. The van der Waals surface area contributed by atoms with Crippen LogP contribution in [0, 0.1) is 0 Å². The molecule has 0 radical (unpaired) electrons. The summed E-state index contributed by atoms with van der Waals surface area (Å²) in [7, 11) is 0. The van der Waals surface area contributed by atoms with Crippen molar-refractivity contribution < 1.29 is 8.83 Å². The van der Waals surface area contributed by atoms with Crippen LogP contribution in [0.1, 0.15) is 120 Å². The molecular weight excluding hydrogens is 1170 g/mol. The van der Waals surface area contributed by atoms with Crippen molar-refractivity contribution in [3.63, 3.8) is 0 Å². The molecule has 0 spiro atoms. The Morgan fingerprint density at radius 2 is 0.792 bits per heavy atom. The molecule has 3 aliphatic rings. The summed E-state index contributed by atoms with van der Waals surface area (Å²) in [4.78, 5) is 4.93. The number of hydrogen-bond donors (Lipinski definition) is 0. The van der Waals surface area contributed by atoms with Crippen LogP contribution in [0.25, 0.3) is 120 Å². The minimum atomic E-state index is -0.334. The molecule has 0 saturated heterocycles. The Morgan fingerprint density at radius 3 is 1.35 bits per heavy atom. The predicted octanol–water partition coefficient (Wildman–Crippen LogP) is 26.7. The van der Waals surface area contributed by atoms with Gasteiger partial charge in [0.2, 0.25) is 0 Å². The number of rotatable bonds is 8. The SMILES string of the molecule is CC(C)(C)c1cccc2c1oc1c(N(c3ccccc3)c3cc4c(c5ccccc35)-c3cc5ccc(-c6cc(C7CCCCC7)c7oc8c(N(c9ccccc9)c9cc%10c(c%11ccccc9%11)-c9cc%11ccccc%11cc9C%10(C)C)cccc8c7c6)cc5cc3C4(C)C)cccc12. The highest BCUT2D eigenvalue weighted by molar-refractivity contribution is 6.18. The van der Waals surface area contributed by atoms with Gasteiger partial charge in [-0.3, -0.25) is 0 Å². The molecule has 0 N–H and O–H groups in total. The molecule has 0 unspecified atom stereocenters. The van der Waals surface area contributed by atoms with Crippen molar-refractivity contribution in [1.82, 2.24) is 0 Å². The molecule has 4 nitrogen and oxygen atoms in total. The maximum Gasteiger partial charge on any atom is 0.159 e. The van der Waals surface area contributed by atoms with Crippen LogP contribution in [0.3, 0.4) is 0 Å². The molecule has 0 bridgehead atoms. The van der Waals surface area contributed by atoms with Gasteiger partial charge in [0.15, 0.2) is 11.2 Å². The highest BCUT2D eigenvalue weighted by Gasteiger charge is 2.41. The number of furan rings is 2. The van der Waals surface area contributed by atoms with Gasteiger partial charge in [-0.15, -0.1) is 0 Å². The van der Waals surface area contributed by atoms with Crippen molar-refractivity contribution in [3.8, 4) is 33.4 Å². The lowest BCUT2D eigenvalue weighted by Crippen LogP contribution is -2.17. The summed E-state index contributed by atoms with van der Waals surface area (Å²) < 4.78 is 14.8. The Hall–Kier alpha value is -10.7. The molecule has 464 valence electrons. The summed E-state index contributed by atoms with van der Waals surface area (Å²) in [5.41, 5.74) is 25.2. The van der Waals surface area contributed by atoms with Gasteiger partial charge in [0.25, 0.3) is 0 Å². The first kappa shape index (κ1) is 56.8. The van der Waals surface area contributed by atoms with Crippen LogP contribution in [0.5, 0.6) is 0 Å². The lowest BCUT2D eigenvalue weighted by Gasteiger charge is -2.29. The van der Waals surface area contributed by atoms with E-state index < -0.39 is 0 Å². The Morgan fingerprint density at radius 1 is 0.333 bits per heavy atom. The molecule has 2 aromatic heterocycles. The number of para-hydroxylation sites is 5. The molecular formula is C92H74N2O2. The van der Waals surface area contributed by atoms with Crippen molar-refractivity contribution in [3.05, 3.63) is 288 Å². The van der Waals surface area contributed by atoms with E-state index in [9.17, 15) is 0 Å². The van der Waals surface area contributed by atoms with Crippen molar-refractivity contribution in [1.29, 1.82) is 0 Å². The van der Waals surface area contributed by atoms with E-state index >= 15 is 0 Å². The fourth-order valence-corrected chi connectivity index (χ4v) is 17.6. The summed E-state index contributed by atoms with van der Waals surface area (Å²) in [6, 6.07) is 95.9. The second-order valence-electron chi connectivity index (χ2n) is 29.7. The molecule has 96 heavy (non-hydrogen) atoms. The molecule has 3 aliphatic carbocycles. The maximum atomic E-state index is 7.60. The topological polar surface area (TPSA) is 32.8 Å². The van der Waals surface area contributed by atoms with Gasteiger partial charge in [-0.2, -0.15) is 0 Å². The van der Waals surface area contributed by atoms with Gasteiger partial charge in [-0.1, -0.05) is 232 Å². The van der Waals surface area contributed by atoms with E-state index in [1.807, 2.05) is 0 Å². The van der Waals surface area contributed by atoms with Crippen molar-refractivity contribution >= 4 is 121 Å². The smallest absolute Gasteiger partial charge is 0.159 e. The van der Waals surface area contributed by atoms with Gasteiger partial charge in [-0.25, -0.2) is 0 Å². The van der Waals surface area contributed by atoms with Crippen LogP contribution in [-0.4, -0.2) is 0 Å². The van der Waals surface area contributed by atoms with E-state index in [1.54, 1.807) is 0 Å². The van der Waals surface area contributed by atoms with Gasteiger partial charge in [0.05, 0.1) is 22.7 Å². The number of anilines is 6. The Kier molecular flexibility index (Phi) is 12.4. The third-order valence-electron chi connectivity index (χ3n) is 22.4. The zero-order valence-corrected chi connectivity index (χ0v) is 55.6. The van der Waals surface area contributed by atoms with Gasteiger partial charge < -0.3 is 18.6 Å². The largest absolute Gasteiger partial charge is 0.454 e. The summed E-state index contributed by atoms with van der Waals surface area (Å²) in [6.07, 6.45) is 6.03. The quantitative estimate of drug-likeness (QED) is 0.152. The fourth-order valence-electron chi connectivity index (χ4n) is 17.6. The van der Waals surface area contributed by atoms with Crippen LogP contribution in [0.15, 0.2) is 264 Å². The molecule has 14 aromatic carbocycles. The van der Waals surface area contributed by atoms with Crippen molar-refractivity contribution in [2.45, 2.75) is 103 Å². The predicted molar refractivity (Wildman–Crippen MR) is 405 cm³/mol. The van der Waals surface area contributed by atoms with E-state index in [0.717, 1.165) is 85.5 Å². The van der Waals surface area contributed by atoms with Crippen LogP contribution in [0.2, 0.25) is 0 Å². The average Bonchev–Trinajstić information content (AvgIpc) is 1.24. The second-order valence-corrected chi connectivity index (χ2v) is 29.7. The third kappa shape index (κ3) is 8.40. The Bertz CT molecular complexity index is 5930. The first-order valence-electron chi connectivity index (χ1n) is 34.7. The second kappa shape index (κ2) is 20.9. The minimum absolute atomic E-state index is 0.0960. The molecule has 16 aromatic rings. The molecule has 1 fully saturated rings. The van der Waals surface area contributed by atoms with E-state index in [4.69, 9.17) is 8.83 Å². The van der Waals surface area contributed by atoms with Crippen LogP contribution in [0.4, 0.5) is 34.1 Å². The third-order valence-corrected chi connectivity index (χ3v) is 22.4. The van der Waals surface area contributed by atoms with Gasteiger partial charge in [-0.05, 0) is 209 Å². The molecule has 0 aliphatic heterocycles. The van der Waals surface area contributed by atoms with Crippen LogP contribution >= 0.6 is 0 Å². The van der Waals surface area contributed by atoms with Crippen molar-refractivity contribution in [2.24, 2.45) is 0 Å². The summed E-state index contributed by atoms with van der Waals surface area (Å²) >= 11 is 0. The average molecular weight is 1240 g/mol. The molecule has 2 heterocycles. The Labute approximate surface area is 560 Å². The number of hydrogen-bond acceptors (Lipinski definition) is 4. The van der Waals surface area contributed by atoms with Crippen molar-refractivity contribution in [2.75, 3.05) is 9.80 Å². The van der Waals surface area contributed by atoms with Gasteiger partial charge >= 0.3 is 0 Å². The zero-order chi connectivity index (χ0) is 64.5. The molecule has 0 atom stereocenters. The van der Waals surface area contributed by atoms with Gasteiger partial charge in [0.1, 0.15) is 11.2 Å². The van der Waals surface area contributed by atoms with Crippen LogP contribution < -0.4 is 9.80 Å². The monoisotopic (exact) mass is 1240 g/mol. The summed E-state index contributed by atoms with van der Waals surface area (Å²) in [5.74, 6) is 0.394. The zero-order valence-electron chi connectivity index (χ0n) is 55.6. The molecule has 19 rings (SSSR count). The maximum absolute atomic E-state index is 7.60. The summed E-state index contributed by atoms with van der Waals surface area (Å²) in [5, 5.41) is 14.5.